The van der Waals surface area contributed by atoms with Crippen LogP contribution in [0.5, 0.6) is 0 Å². The van der Waals surface area contributed by atoms with Gasteiger partial charge in [-0.3, -0.25) is 4.79 Å². The number of nitrogens with one attached hydrogen (secondary N) is 1. The number of para-hydroxylation sites is 2. The summed E-state index contributed by atoms with van der Waals surface area (Å²) < 4.78 is 0.628. The second kappa shape index (κ2) is 3.67. The van der Waals surface area contributed by atoms with Crippen LogP contribution in [0.3, 0.4) is 0 Å². The Bertz CT molecular complexity index is 734. The maximum Gasteiger partial charge on any atom is 0.324 e. The molecule has 5 nitrogen and oxygen atoms in total. The number of fused-ring (bicyclic) bond motifs is 1. The predicted octanol–water partition coefficient (Wildman–Crippen LogP) is 1.29. The molecule has 84 valence electrons. The van der Waals surface area contributed by atoms with Crippen molar-refractivity contribution in [3.63, 3.8) is 0 Å². The lowest BCUT2D eigenvalue weighted by molar-refractivity contribution is -0.566. The predicted molar refractivity (Wildman–Crippen MR) is 64.6 cm³/mol. The second-order valence-electron chi connectivity index (χ2n) is 3.49. The number of aromatic amines is 1. The number of hydrogen-bond acceptors (Lipinski definition) is 4. The molecule has 0 saturated heterocycles. The molecule has 0 radical (unpaired) electrons. The van der Waals surface area contributed by atoms with Gasteiger partial charge in [-0.2, -0.15) is 4.73 Å². The minimum atomic E-state index is -0.426. The van der Waals surface area contributed by atoms with Crippen molar-refractivity contribution < 1.29 is 4.73 Å². The van der Waals surface area contributed by atoms with Crippen LogP contribution in [0.1, 0.15) is 0 Å². The van der Waals surface area contributed by atoms with Crippen molar-refractivity contribution in [2.45, 2.75) is 0 Å². The SMILES string of the molecule is O=c1[nH]c2ccccc2[n+]([O-])c1-c1cscn1. The van der Waals surface area contributed by atoms with Crippen molar-refractivity contribution in [1.82, 2.24) is 9.97 Å². The Morgan fingerprint density at radius 1 is 1.35 bits per heavy atom. The first-order valence-corrected chi connectivity index (χ1v) is 5.85. The van der Waals surface area contributed by atoms with Gasteiger partial charge in [0.05, 0.1) is 5.51 Å². The van der Waals surface area contributed by atoms with E-state index < -0.39 is 5.56 Å². The van der Waals surface area contributed by atoms with E-state index in [9.17, 15) is 10.0 Å². The molecular formula is C11H7N3O2S. The van der Waals surface area contributed by atoms with Gasteiger partial charge in [-0.1, -0.05) is 12.1 Å². The summed E-state index contributed by atoms with van der Waals surface area (Å²) in [5.41, 5.74) is 2.54. The molecule has 0 fully saturated rings. The van der Waals surface area contributed by atoms with Gasteiger partial charge in [0.15, 0.2) is 5.69 Å². The molecule has 0 atom stereocenters. The molecule has 0 aliphatic carbocycles. The Kier molecular flexibility index (Phi) is 2.15. The minimum absolute atomic E-state index is 0.0324. The Balaban J connectivity index is 2.44. The highest BCUT2D eigenvalue weighted by Gasteiger charge is 2.19. The van der Waals surface area contributed by atoms with Crippen molar-refractivity contribution in [1.29, 1.82) is 0 Å². The second-order valence-corrected chi connectivity index (χ2v) is 4.21. The van der Waals surface area contributed by atoms with Gasteiger partial charge in [0.1, 0.15) is 5.52 Å². The van der Waals surface area contributed by atoms with Gasteiger partial charge in [0.2, 0.25) is 5.52 Å². The lowest BCUT2D eigenvalue weighted by Gasteiger charge is -2.04. The Labute approximate surface area is 99.6 Å². The van der Waals surface area contributed by atoms with Crippen molar-refractivity contribution in [3.8, 4) is 11.4 Å². The molecule has 1 N–H and O–H groups in total. The maximum absolute atomic E-state index is 12.1. The number of H-pyrrole nitrogens is 1. The van der Waals surface area contributed by atoms with Gasteiger partial charge in [-0.25, -0.2) is 4.98 Å². The normalized spacial score (nSPS) is 10.8. The van der Waals surface area contributed by atoms with E-state index in [-0.39, 0.29) is 5.69 Å². The van der Waals surface area contributed by atoms with Crippen LogP contribution in [0.2, 0.25) is 0 Å². The van der Waals surface area contributed by atoms with Crippen molar-refractivity contribution in [2.24, 2.45) is 0 Å². The molecule has 2 aromatic heterocycles. The van der Waals surface area contributed by atoms with E-state index in [1.807, 2.05) is 0 Å². The number of benzene rings is 1. The third-order valence-electron chi connectivity index (χ3n) is 2.46. The quantitative estimate of drug-likeness (QED) is 0.518. The van der Waals surface area contributed by atoms with Gasteiger partial charge in [0, 0.05) is 11.4 Å². The molecule has 17 heavy (non-hydrogen) atoms. The molecule has 0 bridgehead atoms. The molecule has 0 saturated carbocycles. The molecule has 0 aliphatic heterocycles. The fraction of sp³-hybridized carbons (Fsp3) is 0. The first-order chi connectivity index (χ1) is 8.27. The van der Waals surface area contributed by atoms with E-state index in [0.29, 0.717) is 21.5 Å². The lowest BCUT2D eigenvalue weighted by atomic mass is 10.2. The van der Waals surface area contributed by atoms with Crippen LogP contribution in [-0.2, 0) is 0 Å². The topological polar surface area (TPSA) is 72.7 Å². The highest BCUT2D eigenvalue weighted by molar-refractivity contribution is 7.07. The van der Waals surface area contributed by atoms with Gasteiger partial charge in [-0.05, 0) is 6.07 Å². The third-order valence-corrected chi connectivity index (χ3v) is 3.05. The van der Waals surface area contributed by atoms with Crippen LogP contribution in [0.15, 0.2) is 40.0 Å². The van der Waals surface area contributed by atoms with Crippen LogP contribution < -0.4 is 10.3 Å². The average molecular weight is 245 g/mol. The fourth-order valence-electron chi connectivity index (χ4n) is 1.70. The minimum Gasteiger partial charge on any atom is -0.618 e. The summed E-state index contributed by atoms with van der Waals surface area (Å²) in [6, 6.07) is 6.87. The Morgan fingerprint density at radius 3 is 2.94 bits per heavy atom. The standard InChI is InChI=1S/C11H7N3O2S/c15-11-10(8-5-17-6-12-8)14(16)9-4-2-1-3-7(9)13-11/h1-6H,(H,13,15). The van der Waals surface area contributed by atoms with Gasteiger partial charge in [-0.15, -0.1) is 11.3 Å². The largest absolute Gasteiger partial charge is 0.618 e. The van der Waals surface area contributed by atoms with E-state index in [1.165, 1.54) is 11.3 Å². The van der Waals surface area contributed by atoms with E-state index in [4.69, 9.17) is 0 Å². The summed E-state index contributed by atoms with van der Waals surface area (Å²) in [5, 5.41) is 13.8. The molecule has 3 aromatic rings. The van der Waals surface area contributed by atoms with Crippen LogP contribution in [0.25, 0.3) is 22.4 Å². The molecule has 2 heterocycles. The van der Waals surface area contributed by atoms with Crippen LogP contribution in [0.4, 0.5) is 0 Å². The Hall–Kier alpha value is -2.21. The summed E-state index contributed by atoms with van der Waals surface area (Å²) in [7, 11) is 0. The average Bonchev–Trinajstić information content (AvgIpc) is 2.83. The smallest absolute Gasteiger partial charge is 0.324 e. The maximum atomic E-state index is 12.1. The van der Waals surface area contributed by atoms with Gasteiger partial charge >= 0.3 is 11.3 Å². The molecule has 3 rings (SSSR count). The van der Waals surface area contributed by atoms with E-state index >= 15 is 0 Å². The first-order valence-electron chi connectivity index (χ1n) is 4.90. The zero-order valence-electron chi connectivity index (χ0n) is 8.58. The molecule has 0 unspecified atom stereocenters. The monoisotopic (exact) mass is 245 g/mol. The molecule has 6 heteroatoms. The molecule has 0 amide bonds. The zero-order chi connectivity index (χ0) is 11.8. The molecule has 1 aromatic carbocycles. The summed E-state index contributed by atoms with van der Waals surface area (Å²) >= 11 is 1.34. The van der Waals surface area contributed by atoms with Crippen LogP contribution in [0, 0.1) is 5.21 Å². The lowest BCUT2D eigenvalue weighted by Crippen LogP contribution is -2.37. The third kappa shape index (κ3) is 1.50. The van der Waals surface area contributed by atoms with Crippen LogP contribution in [-0.4, -0.2) is 9.97 Å². The molecule has 0 aliphatic rings. The van der Waals surface area contributed by atoms with Gasteiger partial charge in [0.25, 0.3) is 0 Å². The van der Waals surface area contributed by atoms with Crippen molar-refractivity contribution in [3.05, 3.63) is 50.7 Å². The number of hydrogen-bond donors (Lipinski definition) is 1. The molecular weight excluding hydrogens is 238 g/mol. The number of rotatable bonds is 1. The summed E-state index contributed by atoms with van der Waals surface area (Å²) in [6.45, 7) is 0. The summed E-state index contributed by atoms with van der Waals surface area (Å²) in [6.07, 6.45) is 0. The fourth-order valence-corrected chi connectivity index (χ4v) is 2.24. The summed E-state index contributed by atoms with van der Waals surface area (Å²) in [4.78, 5) is 18.5. The van der Waals surface area contributed by atoms with E-state index in [1.54, 1.807) is 35.2 Å². The summed E-state index contributed by atoms with van der Waals surface area (Å²) in [5.74, 6) is 0. The number of aromatic nitrogens is 3. The first kappa shape index (κ1) is 9.98. The van der Waals surface area contributed by atoms with E-state index in [0.717, 1.165) is 0 Å². The van der Waals surface area contributed by atoms with E-state index in [2.05, 4.69) is 9.97 Å². The number of nitrogens with zero attached hydrogens (tertiary/aromatic N) is 2. The highest BCUT2D eigenvalue weighted by atomic mass is 32.1. The zero-order valence-corrected chi connectivity index (χ0v) is 9.40. The van der Waals surface area contributed by atoms with Gasteiger partial charge < -0.3 is 10.2 Å². The molecule has 0 spiro atoms. The van der Waals surface area contributed by atoms with Crippen molar-refractivity contribution in [2.75, 3.05) is 0 Å². The Morgan fingerprint density at radius 2 is 2.18 bits per heavy atom. The van der Waals surface area contributed by atoms with Crippen molar-refractivity contribution >= 4 is 22.4 Å². The number of thiazole rings is 1. The van der Waals surface area contributed by atoms with Crippen LogP contribution >= 0.6 is 11.3 Å². The highest BCUT2D eigenvalue weighted by Crippen LogP contribution is 2.13.